The van der Waals surface area contributed by atoms with Gasteiger partial charge in [-0.2, -0.15) is 0 Å². The molecular formula is C21H34O4. The first kappa shape index (κ1) is 17.8. The SMILES string of the molecule is C[C@]12CC[C@@H](O)C[C@@H]1CC[C@@H]1[C@@H]2CC[C@]2(C)[C@@H]([C@H](O)C(=O)O)CC[C@@H]12. The molecule has 25 heavy (non-hydrogen) atoms. The molecule has 4 aliphatic rings. The van der Waals surface area contributed by atoms with Gasteiger partial charge in [-0.15, -0.1) is 0 Å². The Morgan fingerprint density at radius 1 is 0.960 bits per heavy atom. The summed E-state index contributed by atoms with van der Waals surface area (Å²) < 4.78 is 0. The van der Waals surface area contributed by atoms with Gasteiger partial charge in [0.25, 0.3) is 0 Å². The third-order valence-electron chi connectivity index (χ3n) is 9.35. The molecule has 4 nitrogen and oxygen atoms in total. The van der Waals surface area contributed by atoms with E-state index in [4.69, 9.17) is 0 Å². The molecule has 4 fully saturated rings. The maximum absolute atomic E-state index is 11.4. The average molecular weight is 350 g/mol. The van der Waals surface area contributed by atoms with E-state index in [2.05, 4.69) is 13.8 Å². The normalized spacial score (nSPS) is 53.4. The number of fused-ring (bicyclic) bond motifs is 5. The van der Waals surface area contributed by atoms with Gasteiger partial charge < -0.3 is 15.3 Å². The van der Waals surface area contributed by atoms with Crippen LogP contribution in [-0.2, 0) is 4.79 Å². The Morgan fingerprint density at radius 3 is 2.36 bits per heavy atom. The van der Waals surface area contributed by atoms with Gasteiger partial charge in [0, 0.05) is 5.92 Å². The molecule has 0 saturated heterocycles. The minimum absolute atomic E-state index is 0.0175. The maximum Gasteiger partial charge on any atom is 0.332 e. The van der Waals surface area contributed by atoms with Gasteiger partial charge in [0.15, 0.2) is 6.10 Å². The first-order valence-electron chi connectivity index (χ1n) is 10.4. The molecule has 4 saturated carbocycles. The standard InChI is InChI=1S/C21H34O4/c1-20-9-7-13(22)11-12(20)3-4-14-15-5-6-17(18(23)19(24)25)21(15,2)10-8-16(14)20/h12-18,22-23H,3-11H2,1-2H3,(H,24,25)/t12-,13+,14-,15-,16-,17+,18-,20-,21-/m0/s1. The number of aliphatic hydroxyl groups is 2. The zero-order valence-corrected chi connectivity index (χ0v) is 15.7. The summed E-state index contributed by atoms with van der Waals surface area (Å²) in [6.45, 7) is 4.73. The fourth-order valence-corrected chi connectivity index (χ4v) is 7.97. The lowest BCUT2D eigenvalue weighted by molar-refractivity contribution is -0.158. The summed E-state index contributed by atoms with van der Waals surface area (Å²) in [6, 6.07) is 0. The van der Waals surface area contributed by atoms with Crippen molar-refractivity contribution in [3.8, 4) is 0 Å². The van der Waals surface area contributed by atoms with E-state index >= 15 is 0 Å². The van der Waals surface area contributed by atoms with Crippen molar-refractivity contribution in [3.05, 3.63) is 0 Å². The minimum Gasteiger partial charge on any atom is -0.479 e. The number of aliphatic carboxylic acids is 1. The second kappa shape index (κ2) is 5.95. The Hall–Kier alpha value is -0.610. The Morgan fingerprint density at radius 2 is 1.64 bits per heavy atom. The van der Waals surface area contributed by atoms with Gasteiger partial charge in [-0.25, -0.2) is 4.79 Å². The Bertz CT molecular complexity index is 548. The molecule has 0 heterocycles. The van der Waals surface area contributed by atoms with Gasteiger partial charge >= 0.3 is 5.97 Å². The Labute approximate surface area is 151 Å². The zero-order chi connectivity index (χ0) is 18.0. The van der Waals surface area contributed by atoms with Crippen LogP contribution in [0.3, 0.4) is 0 Å². The number of hydrogen-bond acceptors (Lipinski definition) is 3. The second-order valence-corrected chi connectivity index (χ2v) is 10.1. The molecule has 9 atom stereocenters. The first-order valence-corrected chi connectivity index (χ1v) is 10.4. The maximum atomic E-state index is 11.4. The lowest BCUT2D eigenvalue weighted by atomic mass is 9.44. The Kier molecular flexibility index (Phi) is 4.23. The monoisotopic (exact) mass is 350 g/mol. The summed E-state index contributed by atoms with van der Waals surface area (Å²) in [5.41, 5.74) is 0.337. The summed E-state index contributed by atoms with van der Waals surface area (Å²) in [7, 11) is 0. The van der Waals surface area contributed by atoms with E-state index in [9.17, 15) is 20.1 Å². The number of carboxylic acid groups (broad SMARTS) is 1. The zero-order valence-electron chi connectivity index (χ0n) is 15.7. The third-order valence-corrected chi connectivity index (χ3v) is 9.35. The van der Waals surface area contributed by atoms with E-state index in [0.717, 1.165) is 44.4 Å². The van der Waals surface area contributed by atoms with Gasteiger partial charge in [-0.1, -0.05) is 13.8 Å². The van der Waals surface area contributed by atoms with E-state index in [1.807, 2.05) is 0 Å². The highest BCUT2D eigenvalue weighted by Gasteiger charge is 2.61. The molecule has 3 N–H and O–H groups in total. The highest BCUT2D eigenvalue weighted by atomic mass is 16.4. The fourth-order valence-electron chi connectivity index (χ4n) is 7.97. The van der Waals surface area contributed by atoms with Gasteiger partial charge in [-0.3, -0.25) is 0 Å². The van der Waals surface area contributed by atoms with Gasteiger partial charge in [-0.05, 0) is 92.3 Å². The average Bonchev–Trinajstić information content (AvgIpc) is 2.92. The molecule has 0 radical (unpaired) electrons. The molecule has 0 amide bonds. The lowest BCUT2D eigenvalue weighted by Crippen LogP contribution is -2.54. The molecule has 0 aromatic carbocycles. The van der Waals surface area contributed by atoms with Crippen LogP contribution in [-0.4, -0.2) is 33.5 Å². The predicted octanol–water partition coefficient (Wildman–Crippen LogP) is 3.45. The molecular weight excluding hydrogens is 316 g/mol. The van der Waals surface area contributed by atoms with E-state index in [-0.39, 0.29) is 17.4 Å². The molecule has 4 rings (SSSR count). The summed E-state index contributed by atoms with van der Waals surface area (Å²) in [6.07, 6.45) is 8.36. The van der Waals surface area contributed by atoms with Gasteiger partial charge in [0.2, 0.25) is 0 Å². The van der Waals surface area contributed by atoms with Crippen LogP contribution in [0.4, 0.5) is 0 Å². The van der Waals surface area contributed by atoms with Gasteiger partial charge in [0.05, 0.1) is 6.10 Å². The van der Waals surface area contributed by atoms with Crippen molar-refractivity contribution < 1.29 is 20.1 Å². The van der Waals surface area contributed by atoms with Crippen LogP contribution in [0.25, 0.3) is 0 Å². The quantitative estimate of drug-likeness (QED) is 0.713. The predicted molar refractivity (Wildman–Crippen MR) is 94.9 cm³/mol. The molecule has 0 aromatic rings. The van der Waals surface area contributed by atoms with Crippen LogP contribution in [0, 0.1) is 40.4 Å². The highest BCUT2D eigenvalue weighted by Crippen LogP contribution is 2.67. The van der Waals surface area contributed by atoms with Crippen LogP contribution in [0.2, 0.25) is 0 Å². The minimum atomic E-state index is -1.21. The van der Waals surface area contributed by atoms with Crippen LogP contribution in [0.15, 0.2) is 0 Å². The molecule has 0 bridgehead atoms. The van der Waals surface area contributed by atoms with Gasteiger partial charge in [0.1, 0.15) is 0 Å². The van der Waals surface area contributed by atoms with Crippen LogP contribution in [0.1, 0.15) is 71.6 Å². The van der Waals surface area contributed by atoms with Crippen molar-refractivity contribution in [1.82, 2.24) is 0 Å². The molecule has 4 aliphatic carbocycles. The lowest BCUT2D eigenvalue weighted by Gasteiger charge is -2.61. The molecule has 0 unspecified atom stereocenters. The Balaban J connectivity index is 1.59. The van der Waals surface area contributed by atoms with Crippen LogP contribution < -0.4 is 0 Å². The molecule has 142 valence electrons. The highest BCUT2D eigenvalue weighted by molar-refractivity contribution is 5.72. The van der Waals surface area contributed by atoms with E-state index in [1.54, 1.807) is 0 Å². The summed E-state index contributed by atoms with van der Waals surface area (Å²) in [5, 5.41) is 29.7. The smallest absolute Gasteiger partial charge is 0.332 e. The topological polar surface area (TPSA) is 77.8 Å². The second-order valence-electron chi connectivity index (χ2n) is 10.1. The van der Waals surface area contributed by atoms with E-state index in [0.29, 0.717) is 23.2 Å². The molecule has 0 spiro atoms. The third kappa shape index (κ3) is 2.50. The number of rotatable bonds is 2. The number of hydrogen-bond donors (Lipinski definition) is 3. The van der Waals surface area contributed by atoms with Crippen molar-refractivity contribution in [1.29, 1.82) is 0 Å². The first-order chi connectivity index (χ1) is 11.8. The number of carbonyl (C=O) groups is 1. The van der Waals surface area contributed by atoms with Crippen molar-refractivity contribution >= 4 is 5.97 Å². The van der Waals surface area contributed by atoms with E-state index < -0.39 is 12.1 Å². The van der Waals surface area contributed by atoms with E-state index in [1.165, 1.54) is 19.3 Å². The largest absolute Gasteiger partial charge is 0.479 e. The molecule has 0 aromatic heterocycles. The summed E-state index contributed by atoms with van der Waals surface area (Å²) >= 11 is 0. The number of aliphatic hydroxyl groups excluding tert-OH is 2. The van der Waals surface area contributed by atoms with Crippen molar-refractivity contribution in [2.24, 2.45) is 40.4 Å². The summed E-state index contributed by atoms with van der Waals surface area (Å²) in [5.74, 6) is 1.48. The summed E-state index contributed by atoms with van der Waals surface area (Å²) in [4.78, 5) is 11.4. The fraction of sp³-hybridized carbons (Fsp3) is 0.952. The van der Waals surface area contributed by atoms with Crippen LogP contribution in [0.5, 0.6) is 0 Å². The van der Waals surface area contributed by atoms with Crippen LogP contribution >= 0.6 is 0 Å². The van der Waals surface area contributed by atoms with Crippen molar-refractivity contribution in [2.75, 3.05) is 0 Å². The molecule has 0 aliphatic heterocycles. The van der Waals surface area contributed by atoms with Crippen molar-refractivity contribution in [3.63, 3.8) is 0 Å². The molecule has 4 heteroatoms. The number of carboxylic acids is 1. The van der Waals surface area contributed by atoms with Crippen molar-refractivity contribution in [2.45, 2.75) is 83.8 Å².